The van der Waals surface area contributed by atoms with Gasteiger partial charge in [-0.15, -0.1) is 0 Å². The highest BCUT2D eigenvalue weighted by Crippen LogP contribution is 2.36. The summed E-state index contributed by atoms with van der Waals surface area (Å²) in [6.07, 6.45) is -1.60. The van der Waals surface area contributed by atoms with Gasteiger partial charge in [-0.1, -0.05) is 97.1 Å². The van der Waals surface area contributed by atoms with Crippen LogP contribution in [-0.2, 0) is 28.6 Å². The van der Waals surface area contributed by atoms with Gasteiger partial charge >= 0.3 is 18.0 Å². The topological polar surface area (TPSA) is 164 Å². The van der Waals surface area contributed by atoms with Gasteiger partial charge in [0.25, 0.3) is 5.88 Å². The van der Waals surface area contributed by atoms with E-state index in [9.17, 15) is 19.2 Å². The molecule has 14 heteroatoms. The molecule has 55 heavy (non-hydrogen) atoms. The molecule has 1 fully saturated rings. The first-order chi connectivity index (χ1) is 26.7. The molecule has 0 saturated carbocycles. The number of nitrogens with zero attached hydrogens (tertiary/aromatic N) is 5. The van der Waals surface area contributed by atoms with Crippen molar-refractivity contribution in [1.82, 2.24) is 19.5 Å². The number of nitrogens with one attached hydrogen (secondary N) is 1. The van der Waals surface area contributed by atoms with Crippen molar-refractivity contribution >= 4 is 52.4 Å². The molecule has 7 rings (SSSR count). The molecule has 14 nitrogen and oxygen atoms in total. The van der Waals surface area contributed by atoms with E-state index in [1.54, 1.807) is 53.1 Å². The van der Waals surface area contributed by atoms with Crippen molar-refractivity contribution < 1.29 is 38.1 Å². The quantitative estimate of drug-likeness (QED) is 0.140. The average molecular weight is 741 g/mol. The highest BCUT2D eigenvalue weighted by atomic mass is 16.6. The van der Waals surface area contributed by atoms with Crippen LogP contribution in [0.25, 0.3) is 11.2 Å². The number of carbonyl (C=O) groups excluding carboxylic acids is 4. The minimum Gasteiger partial charge on any atom is -0.463 e. The zero-order valence-corrected chi connectivity index (χ0v) is 29.9. The Hall–Kier alpha value is -6.93. The SMILES string of the molecule is CC(=O)OC[C@H]1O[C@@H](n2cnc3c(OC(=O)N(c4ccccc4)c4ccccc4)nc(NC(=O)C(c4ccccc4)c4ccccc4)nc32)C[C@@H]1OC(C)=O. The van der Waals surface area contributed by atoms with Crippen molar-refractivity contribution in [2.45, 2.75) is 44.6 Å². The Morgan fingerprint density at radius 2 is 1.36 bits per heavy atom. The van der Waals surface area contributed by atoms with Gasteiger partial charge in [0.1, 0.15) is 25.0 Å². The summed E-state index contributed by atoms with van der Waals surface area (Å²) in [4.78, 5) is 67.1. The van der Waals surface area contributed by atoms with E-state index in [4.69, 9.17) is 18.9 Å². The van der Waals surface area contributed by atoms with Crippen LogP contribution in [0.3, 0.4) is 0 Å². The molecule has 6 aromatic rings. The fraction of sp³-hybridized carbons (Fsp3) is 0.195. The standard InChI is InChI=1S/C41H36N6O8/c1-26(48)52-24-33-32(53-27(2)49)23-34(54-33)46-25-42-36-37(46)43-40(44-38(50)35(28-15-7-3-8-16-28)29-17-9-4-10-18-29)45-39(36)55-41(51)47(30-19-11-5-12-20-30)31-21-13-6-14-22-31/h3-22,25,32-35H,23-24H2,1-2H3,(H,43,44,45,50)/t32-,33+,34+/m0/s1. The summed E-state index contributed by atoms with van der Waals surface area (Å²) >= 11 is 0. The molecule has 1 aliphatic rings. The first-order valence-electron chi connectivity index (χ1n) is 17.5. The molecule has 0 radical (unpaired) electrons. The normalized spacial score (nSPS) is 16.4. The number of hydrogen-bond donors (Lipinski definition) is 1. The fourth-order valence-corrected chi connectivity index (χ4v) is 6.40. The van der Waals surface area contributed by atoms with Gasteiger partial charge in [0, 0.05) is 20.3 Å². The van der Waals surface area contributed by atoms with Crippen LogP contribution >= 0.6 is 0 Å². The Bertz CT molecular complexity index is 2210. The number of benzene rings is 4. The molecule has 0 bridgehead atoms. The van der Waals surface area contributed by atoms with E-state index < -0.39 is 48.3 Å². The van der Waals surface area contributed by atoms with Crippen molar-refractivity contribution in [3.8, 4) is 5.88 Å². The maximum Gasteiger partial charge on any atom is 0.425 e. The van der Waals surface area contributed by atoms with Crippen molar-refractivity contribution in [3.63, 3.8) is 0 Å². The molecule has 2 aromatic heterocycles. The van der Waals surface area contributed by atoms with Crippen LogP contribution in [0.1, 0.15) is 43.5 Å². The molecule has 1 aliphatic heterocycles. The van der Waals surface area contributed by atoms with Crippen LogP contribution in [-0.4, -0.2) is 62.3 Å². The van der Waals surface area contributed by atoms with Crippen LogP contribution in [0.4, 0.5) is 22.1 Å². The molecule has 0 aliphatic carbocycles. The fourth-order valence-electron chi connectivity index (χ4n) is 6.40. The lowest BCUT2D eigenvalue weighted by atomic mass is 9.90. The Morgan fingerprint density at radius 1 is 0.800 bits per heavy atom. The minimum atomic E-state index is -0.816. The van der Waals surface area contributed by atoms with E-state index >= 15 is 0 Å². The Labute approximate surface area is 315 Å². The summed E-state index contributed by atoms with van der Waals surface area (Å²) in [7, 11) is 0. The van der Waals surface area contributed by atoms with Gasteiger partial charge in [0.2, 0.25) is 11.9 Å². The van der Waals surface area contributed by atoms with Crippen molar-refractivity contribution in [3.05, 3.63) is 139 Å². The molecule has 3 atom stereocenters. The molecule has 0 spiro atoms. The first kappa shape index (κ1) is 36.4. The van der Waals surface area contributed by atoms with E-state index in [0.29, 0.717) is 11.4 Å². The second-order valence-corrected chi connectivity index (χ2v) is 12.6. The van der Waals surface area contributed by atoms with Gasteiger partial charge < -0.3 is 18.9 Å². The van der Waals surface area contributed by atoms with Crippen LogP contribution in [0.5, 0.6) is 5.88 Å². The van der Waals surface area contributed by atoms with Gasteiger partial charge in [0.15, 0.2) is 11.2 Å². The third-order valence-corrected chi connectivity index (χ3v) is 8.81. The molecule has 1 saturated heterocycles. The molecule has 4 aromatic carbocycles. The zero-order valence-electron chi connectivity index (χ0n) is 29.9. The van der Waals surface area contributed by atoms with Crippen LogP contribution < -0.4 is 15.0 Å². The number of para-hydroxylation sites is 2. The summed E-state index contributed by atoms with van der Waals surface area (Å²) in [6, 6.07) is 36.5. The van der Waals surface area contributed by atoms with E-state index in [0.717, 1.165) is 11.1 Å². The van der Waals surface area contributed by atoms with Gasteiger partial charge in [-0.3, -0.25) is 24.3 Å². The van der Waals surface area contributed by atoms with E-state index in [1.165, 1.54) is 25.1 Å². The smallest absolute Gasteiger partial charge is 0.425 e. The Kier molecular flexibility index (Phi) is 10.9. The van der Waals surface area contributed by atoms with Crippen molar-refractivity contribution in [2.24, 2.45) is 0 Å². The second kappa shape index (κ2) is 16.4. The summed E-state index contributed by atoms with van der Waals surface area (Å²) in [5.41, 5.74) is 2.78. The van der Waals surface area contributed by atoms with Crippen molar-refractivity contribution in [1.29, 1.82) is 0 Å². The third kappa shape index (κ3) is 8.34. The predicted molar refractivity (Wildman–Crippen MR) is 200 cm³/mol. The van der Waals surface area contributed by atoms with Crippen LogP contribution in [0.15, 0.2) is 128 Å². The van der Waals surface area contributed by atoms with Crippen LogP contribution in [0, 0.1) is 0 Å². The first-order valence-corrected chi connectivity index (χ1v) is 17.5. The number of esters is 2. The number of fused-ring (bicyclic) bond motifs is 1. The van der Waals surface area contributed by atoms with E-state index in [2.05, 4.69) is 20.3 Å². The molecule has 2 amide bonds. The molecule has 0 unspecified atom stereocenters. The lowest BCUT2D eigenvalue weighted by molar-refractivity contribution is -0.155. The van der Waals surface area contributed by atoms with Gasteiger partial charge in [-0.25, -0.2) is 14.7 Å². The van der Waals surface area contributed by atoms with Gasteiger partial charge in [0.05, 0.1) is 23.6 Å². The second-order valence-electron chi connectivity index (χ2n) is 12.6. The Morgan fingerprint density at radius 3 is 1.91 bits per heavy atom. The predicted octanol–water partition coefficient (Wildman–Crippen LogP) is 6.72. The highest BCUT2D eigenvalue weighted by molar-refractivity contribution is 5.99. The molecular formula is C41H36N6O8. The van der Waals surface area contributed by atoms with E-state index in [-0.39, 0.29) is 36.0 Å². The van der Waals surface area contributed by atoms with Gasteiger partial charge in [-0.2, -0.15) is 9.97 Å². The number of hydrogen-bond acceptors (Lipinski definition) is 11. The Balaban J connectivity index is 1.29. The van der Waals surface area contributed by atoms with Crippen molar-refractivity contribution in [2.75, 3.05) is 16.8 Å². The number of carbonyl (C=O) groups is 4. The molecular weight excluding hydrogens is 704 g/mol. The van der Waals surface area contributed by atoms with Gasteiger partial charge in [-0.05, 0) is 35.4 Å². The minimum absolute atomic E-state index is 0.0890. The monoisotopic (exact) mass is 740 g/mol. The zero-order chi connectivity index (χ0) is 38.3. The summed E-state index contributed by atoms with van der Waals surface area (Å²) in [5, 5.41) is 2.85. The largest absolute Gasteiger partial charge is 0.463 e. The van der Waals surface area contributed by atoms with E-state index in [1.807, 2.05) is 72.8 Å². The third-order valence-electron chi connectivity index (χ3n) is 8.81. The number of anilines is 3. The summed E-state index contributed by atoms with van der Waals surface area (Å²) in [5.74, 6) is -2.64. The summed E-state index contributed by atoms with van der Waals surface area (Å²) in [6.45, 7) is 2.38. The number of rotatable bonds is 11. The van der Waals surface area contributed by atoms with Crippen LogP contribution in [0.2, 0.25) is 0 Å². The molecule has 278 valence electrons. The maximum absolute atomic E-state index is 14.2. The maximum atomic E-state index is 14.2. The number of aromatic nitrogens is 4. The highest BCUT2D eigenvalue weighted by Gasteiger charge is 2.40. The molecule has 1 N–H and O–H groups in total. The average Bonchev–Trinajstić information content (AvgIpc) is 3.79. The lowest BCUT2D eigenvalue weighted by Crippen LogP contribution is -2.31. The molecule has 3 heterocycles. The number of ether oxygens (including phenoxy) is 4. The lowest BCUT2D eigenvalue weighted by Gasteiger charge is -2.22. The number of amides is 2. The number of imidazole rings is 1. The summed E-state index contributed by atoms with van der Waals surface area (Å²) < 4.78 is 24.5.